The van der Waals surface area contributed by atoms with Gasteiger partial charge >= 0.3 is 0 Å². The van der Waals surface area contributed by atoms with Crippen molar-refractivity contribution in [2.75, 3.05) is 0 Å². The molecule has 12 heavy (non-hydrogen) atoms. The summed E-state index contributed by atoms with van der Waals surface area (Å²) in [4.78, 5) is 0. The molecule has 1 fully saturated rings. The molecule has 0 unspecified atom stereocenters. The molecule has 1 N–H and O–H groups in total. The van der Waals surface area contributed by atoms with E-state index in [1.807, 2.05) is 30.3 Å². The standard InChI is InChI=1S/C10H12O2/c11-8-6-10(7-8)12-9-4-2-1-3-5-9/h1-5,8,10-11H,6-7H2. The Balaban J connectivity index is 1.88. The first-order chi connectivity index (χ1) is 5.84. The fraction of sp³-hybridized carbons (Fsp3) is 0.400. The van der Waals surface area contributed by atoms with Crippen LogP contribution in [-0.4, -0.2) is 17.3 Å². The summed E-state index contributed by atoms with van der Waals surface area (Å²) in [5.74, 6) is 0.898. The van der Waals surface area contributed by atoms with Gasteiger partial charge in [-0.1, -0.05) is 18.2 Å². The average Bonchev–Trinajstić information content (AvgIpc) is 2.04. The predicted molar refractivity (Wildman–Crippen MR) is 46.1 cm³/mol. The van der Waals surface area contributed by atoms with Gasteiger partial charge in [0.2, 0.25) is 0 Å². The summed E-state index contributed by atoms with van der Waals surface area (Å²) >= 11 is 0. The number of aliphatic hydroxyl groups excluding tert-OH is 1. The minimum absolute atomic E-state index is 0.140. The summed E-state index contributed by atoms with van der Waals surface area (Å²) in [7, 11) is 0. The zero-order chi connectivity index (χ0) is 8.39. The van der Waals surface area contributed by atoms with Crippen LogP contribution in [-0.2, 0) is 0 Å². The number of rotatable bonds is 2. The third-order valence-electron chi connectivity index (χ3n) is 2.12. The molecule has 0 heterocycles. The molecule has 2 nitrogen and oxygen atoms in total. The fourth-order valence-electron chi connectivity index (χ4n) is 1.33. The van der Waals surface area contributed by atoms with E-state index in [4.69, 9.17) is 9.84 Å². The molecule has 0 spiro atoms. The molecule has 1 aliphatic rings. The van der Waals surface area contributed by atoms with Crippen molar-refractivity contribution >= 4 is 0 Å². The zero-order valence-electron chi connectivity index (χ0n) is 6.81. The molecule has 1 saturated carbocycles. The van der Waals surface area contributed by atoms with Gasteiger partial charge in [-0.2, -0.15) is 0 Å². The van der Waals surface area contributed by atoms with E-state index in [1.165, 1.54) is 0 Å². The molecule has 2 heteroatoms. The molecule has 0 amide bonds. The zero-order valence-corrected chi connectivity index (χ0v) is 6.81. The number of aliphatic hydroxyl groups is 1. The van der Waals surface area contributed by atoms with Crippen molar-refractivity contribution < 1.29 is 9.84 Å². The van der Waals surface area contributed by atoms with Gasteiger partial charge in [0.25, 0.3) is 0 Å². The Hall–Kier alpha value is -1.02. The topological polar surface area (TPSA) is 29.5 Å². The quantitative estimate of drug-likeness (QED) is 0.719. The molecule has 0 saturated heterocycles. The van der Waals surface area contributed by atoms with Crippen LogP contribution in [0, 0.1) is 0 Å². The first kappa shape index (κ1) is 7.62. The summed E-state index contributed by atoms with van der Waals surface area (Å²) < 4.78 is 5.56. The maximum Gasteiger partial charge on any atom is 0.119 e. The SMILES string of the molecule is OC1CC(Oc2ccccc2)C1. The van der Waals surface area contributed by atoms with E-state index >= 15 is 0 Å². The van der Waals surface area contributed by atoms with Crippen LogP contribution in [0.25, 0.3) is 0 Å². The fourth-order valence-corrected chi connectivity index (χ4v) is 1.33. The highest BCUT2D eigenvalue weighted by Gasteiger charge is 2.28. The van der Waals surface area contributed by atoms with Crippen molar-refractivity contribution in [2.45, 2.75) is 25.0 Å². The summed E-state index contributed by atoms with van der Waals surface area (Å²) in [5, 5.41) is 9.02. The van der Waals surface area contributed by atoms with Crippen molar-refractivity contribution in [3.05, 3.63) is 30.3 Å². The second-order valence-electron chi connectivity index (χ2n) is 3.18. The van der Waals surface area contributed by atoms with Gasteiger partial charge in [0.1, 0.15) is 11.9 Å². The van der Waals surface area contributed by atoms with Crippen LogP contribution in [0.1, 0.15) is 12.8 Å². The van der Waals surface area contributed by atoms with Crippen molar-refractivity contribution in [1.82, 2.24) is 0 Å². The van der Waals surface area contributed by atoms with Crippen molar-refractivity contribution in [2.24, 2.45) is 0 Å². The second-order valence-corrected chi connectivity index (χ2v) is 3.18. The van der Waals surface area contributed by atoms with Crippen LogP contribution < -0.4 is 4.74 Å². The third-order valence-corrected chi connectivity index (χ3v) is 2.12. The maximum absolute atomic E-state index is 9.02. The molecule has 1 aliphatic carbocycles. The normalized spacial score (nSPS) is 27.8. The Morgan fingerprint density at radius 1 is 1.17 bits per heavy atom. The van der Waals surface area contributed by atoms with Crippen LogP contribution in [0.15, 0.2) is 30.3 Å². The van der Waals surface area contributed by atoms with E-state index < -0.39 is 0 Å². The lowest BCUT2D eigenvalue weighted by molar-refractivity contribution is -0.0107. The third kappa shape index (κ3) is 1.59. The van der Waals surface area contributed by atoms with Crippen molar-refractivity contribution in [1.29, 1.82) is 0 Å². The van der Waals surface area contributed by atoms with Crippen LogP contribution in [0.4, 0.5) is 0 Å². The van der Waals surface area contributed by atoms with E-state index in [0.717, 1.165) is 18.6 Å². The van der Waals surface area contributed by atoms with Gasteiger partial charge in [0.15, 0.2) is 0 Å². The van der Waals surface area contributed by atoms with Gasteiger partial charge in [-0.3, -0.25) is 0 Å². The van der Waals surface area contributed by atoms with E-state index in [0.29, 0.717) is 0 Å². The number of hydrogen-bond donors (Lipinski definition) is 1. The molecule has 0 aliphatic heterocycles. The Bertz CT molecular complexity index is 239. The lowest BCUT2D eigenvalue weighted by Crippen LogP contribution is -2.37. The average molecular weight is 164 g/mol. The molecule has 0 atom stereocenters. The van der Waals surface area contributed by atoms with Crippen LogP contribution in [0.5, 0.6) is 5.75 Å². The lowest BCUT2D eigenvalue weighted by Gasteiger charge is -2.31. The van der Waals surface area contributed by atoms with Gasteiger partial charge in [0, 0.05) is 12.8 Å². The molecule has 0 radical (unpaired) electrons. The summed E-state index contributed by atoms with van der Waals surface area (Å²) in [5.41, 5.74) is 0. The molecule has 1 aromatic rings. The van der Waals surface area contributed by atoms with E-state index in [2.05, 4.69) is 0 Å². The van der Waals surface area contributed by atoms with Gasteiger partial charge in [-0.15, -0.1) is 0 Å². The second kappa shape index (κ2) is 3.15. The smallest absolute Gasteiger partial charge is 0.119 e. The Kier molecular flexibility index (Phi) is 2.00. The lowest BCUT2D eigenvalue weighted by atomic mass is 9.92. The summed E-state index contributed by atoms with van der Waals surface area (Å²) in [6.45, 7) is 0. The summed E-state index contributed by atoms with van der Waals surface area (Å²) in [6, 6.07) is 9.73. The minimum Gasteiger partial charge on any atom is -0.490 e. The highest BCUT2D eigenvalue weighted by atomic mass is 16.5. The highest BCUT2D eigenvalue weighted by Crippen LogP contribution is 2.25. The Morgan fingerprint density at radius 2 is 1.83 bits per heavy atom. The van der Waals surface area contributed by atoms with Crippen LogP contribution in [0.2, 0.25) is 0 Å². The minimum atomic E-state index is -0.140. The summed E-state index contributed by atoms with van der Waals surface area (Å²) in [6.07, 6.45) is 1.63. The molecular weight excluding hydrogens is 152 g/mol. The van der Waals surface area contributed by atoms with Crippen LogP contribution in [0.3, 0.4) is 0 Å². The van der Waals surface area contributed by atoms with Gasteiger partial charge in [-0.25, -0.2) is 0 Å². The molecule has 0 bridgehead atoms. The molecule has 64 valence electrons. The maximum atomic E-state index is 9.02. The Labute approximate surface area is 71.8 Å². The van der Waals surface area contributed by atoms with E-state index in [9.17, 15) is 0 Å². The first-order valence-corrected chi connectivity index (χ1v) is 4.24. The van der Waals surface area contributed by atoms with E-state index in [-0.39, 0.29) is 12.2 Å². The molecule has 1 aromatic carbocycles. The monoisotopic (exact) mass is 164 g/mol. The van der Waals surface area contributed by atoms with Crippen LogP contribution >= 0.6 is 0 Å². The van der Waals surface area contributed by atoms with E-state index in [1.54, 1.807) is 0 Å². The predicted octanol–water partition coefficient (Wildman–Crippen LogP) is 1.59. The Morgan fingerprint density at radius 3 is 2.42 bits per heavy atom. The number of para-hydroxylation sites is 1. The van der Waals surface area contributed by atoms with Gasteiger partial charge in [0.05, 0.1) is 6.10 Å². The molecule has 0 aromatic heterocycles. The molecular formula is C10H12O2. The molecule has 2 rings (SSSR count). The highest BCUT2D eigenvalue weighted by molar-refractivity contribution is 5.21. The number of hydrogen-bond acceptors (Lipinski definition) is 2. The van der Waals surface area contributed by atoms with Crippen molar-refractivity contribution in [3.63, 3.8) is 0 Å². The number of benzene rings is 1. The number of ether oxygens (including phenoxy) is 1. The first-order valence-electron chi connectivity index (χ1n) is 4.24. The van der Waals surface area contributed by atoms with Gasteiger partial charge in [-0.05, 0) is 12.1 Å². The van der Waals surface area contributed by atoms with Crippen molar-refractivity contribution in [3.8, 4) is 5.75 Å². The van der Waals surface area contributed by atoms with Gasteiger partial charge < -0.3 is 9.84 Å². The largest absolute Gasteiger partial charge is 0.490 e.